The van der Waals surface area contributed by atoms with Crippen molar-refractivity contribution in [2.24, 2.45) is 13.0 Å². The van der Waals surface area contributed by atoms with Gasteiger partial charge in [-0.1, -0.05) is 12.1 Å². The third kappa shape index (κ3) is 5.22. The van der Waals surface area contributed by atoms with Gasteiger partial charge in [0.1, 0.15) is 12.2 Å². The minimum Gasteiger partial charge on any atom is -0.380 e. The maximum atomic E-state index is 14.3. The molecule has 0 unspecified atom stereocenters. The summed E-state index contributed by atoms with van der Waals surface area (Å²) in [5.41, 5.74) is 0.952. The normalized spacial score (nSPS) is 23.1. The molecule has 0 bridgehead atoms. The molecule has 3 aliphatic rings. The number of carbonyl (C=O) groups excluding carboxylic acids is 1. The topological polar surface area (TPSA) is 87.3 Å². The zero-order chi connectivity index (χ0) is 28.8. The van der Waals surface area contributed by atoms with Crippen molar-refractivity contribution >= 4 is 11.6 Å². The van der Waals surface area contributed by atoms with E-state index in [9.17, 15) is 23.2 Å². The number of hydrogen-bond donors (Lipinski definition) is 0. The first-order chi connectivity index (χ1) is 19.7. The average molecular weight is 565 g/mol. The van der Waals surface area contributed by atoms with Crippen LogP contribution < -0.4 is 4.90 Å². The Morgan fingerprint density at radius 1 is 1.17 bits per heavy atom. The predicted molar refractivity (Wildman–Crippen MR) is 144 cm³/mol. The number of nitrogens with zero attached hydrogens (tertiary/aromatic N) is 6. The molecule has 0 atom stereocenters. The molecule has 3 heterocycles. The minimum atomic E-state index is -4.58. The monoisotopic (exact) mass is 564 g/mol. The number of alkyl halides is 3. The summed E-state index contributed by atoms with van der Waals surface area (Å²) in [7, 11) is 1.87. The van der Waals surface area contributed by atoms with E-state index in [0.29, 0.717) is 56.8 Å². The summed E-state index contributed by atoms with van der Waals surface area (Å²) < 4.78 is 50.2. The molecule has 2 aliphatic heterocycles. The number of rotatable bonds is 6. The van der Waals surface area contributed by atoms with Gasteiger partial charge in [0.05, 0.1) is 24.8 Å². The first kappa shape index (κ1) is 27.4. The van der Waals surface area contributed by atoms with Crippen molar-refractivity contribution in [3.8, 4) is 6.07 Å². The summed E-state index contributed by atoms with van der Waals surface area (Å²) in [5.74, 6) is 0.261. The fraction of sp³-hybridized carbons (Fsp3) is 0.467. The number of aromatic nitrogens is 3. The lowest BCUT2D eigenvalue weighted by Gasteiger charge is -2.45. The molecule has 0 N–H and O–H groups in total. The summed E-state index contributed by atoms with van der Waals surface area (Å²) in [6.07, 6.45) is -0.296. The highest BCUT2D eigenvalue weighted by atomic mass is 19.4. The lowest BCUT2D eigenvalue weighted by Crippen LogP contribution is -2.43. The molecule has 1 saturated carbocycles. The van der Waals surface area contributed by atoms with Gasteiger partial charge in [-0.3, -0.25) is 9.69 Å². The van der Waals surface area contributed by atoms with E-state index < -0.39 is 17.6 Å². The summed E-state index contributed by atoms with van der Waals surface area (Å²) in [6.45, 7) is 2.71. The van der Waals surface area contributed by atoms with Crippen LogP contribution in [0.5, 0.6) is 0 Å². The van der Waals surface area contributed by atoms with Gasteiger partial charge in [-0.25, -0.2) is 0 Å². The number of benzene rings is 2. The van der Waals surface area contributed by atoms with Crippen LogP contribution in [0.2, 0.25) is 0 Å². The summed E-state index contributed by atoms with van der Waals surface area (Å²) in [6, 6.07) is 12.6. The Morgan fingerprint density at radius 3 is 2.73 bits per heavy atom. The lowest BCUT2D eigenvalue weighted by atomic mass is 9.57. The minimum absolute atomic E-state index is 0.0119. The van der Waals surface area contributed by atoms with E-state index in [0.717, 1.165) is 24.4 Å². The molecular formula is C30H31F3N6O2. The maximum Gasteiger partial charge on any atom is 0.416 e. The molecule has 8 nitrogen and oxygen atoms in total. The zero-order valence-electron chi connectivity index (χ0n) is 22.8. The van der Waals surface area contributed by atoms with Gasteiger partial charge in [-0.2, -0.15) is 18.4 Å². The quantitative estimate of drug-likeness (QED) is 0.434. The summed E-state index contributed by atoms with van der Waals surface area (Å²) >= 11 is 0. The van der Waals surface area contributed by atoms with Gasteiger partial charge in [0, 0.05) is 62.3 Å². The van der Waals surface area contributed by atoms with Crippen LogP contribution in [-0.2, 0) is 42.9 Å². The second kappa shape index (κ2) is 10.6. The van der Waals surface area contributed by atoms with Crippen molar-refractivity contribution in [2.75, 3.05) is 31.2 Å². The molecule has 0 spiro atoms. The standard InChI is InChI=1S/C30H31F3N6O2/c1-37-19-35-36-27(37)15-29(13-21(14-29)16-34)22-4-2-5-23(12-22)39-18-25-24(28(39)40)10-20(11-26(25)30(31,32)33)17-38-6-3-8-41-9-7-38/h2,4-5,10-12,19,21H,3,6-9,13-15,17-18H2,1H3/t21-,29-. The molecule has 1 amide bonds. The summed E-state index contributed by atoms with van der Waals surface area (Å²) in [5, 5.41) is 17.7. The van der Waals surface area contributed by atoms with Crippen LogP contribution in [0.3, 0.4) is 0 Å². The number of hydrogen-bond acceptors (Lipinski definition) is 6. The molecule has 0 radical (unpaired) electrons. The first-order valence-corrected chi connectivity index (χ1v) is 13.8. The Morgan fingerprint density at radius 2 is 2.00 bits per heavy atom. The highest BCUT2D eigenvalue weighted by molar-refractivity contribution is 6.10. The lowest BCUT2D eigenvalue weighted by molar-refractivity contribution is -0.138. The molecule has 1 aliphatic carbocycles. The molecule has 1 aromatic heterocycles. The molecule has 3 aromatic rings. The van der Waals surface area contributed by atoms with Gasteiger partial charge in [-0.15, -0.1) is 10.2 Å². The molecule has 6 rings (SSSR count). The Labute approximate surface area is 236 Å². The van der Waals surface area contributed by atoms with E-state index >= 15 is 0 Å². The molecule has 2 aromatic carbocycles. The van der Waals surface area contributed by atoms with Crippen LogP contribution in [0.15, 0.2) is 42.7 Å². The third-order valence-corrected chi connectivity index (χ3v) is 8.66. The van der Waals surface area contributed by atoms with Crippen LogP contribution in [-0.4, -0.2) is 51.9 Å². The number of amides is 1. The van der Waals surface area contributed by atoms with E-state index in [1.807, 2.05) is 29.8 Å². The Bertz CT molecular complexity index is 1500. The second-order valence-electron chi connectivity index (χ2n) is 11.4. The number of carbonyl (C=O) groups is 1. The van der Waals surface area contributed by atoms with Gasteiger partial charge >= 0.3 is 6.18 Å². The Hall–Kier alpha value is -3.75. The smallest absolute Gasteiger partial charge is 0.380 e. The van der Waals surface area contributed by atoms with Crippen LogP contribution in [0.25, 0.3) is 0 Å². The number of aryl methyl sites for hydroxylation is 1. The summed E-state index contributed by atoms with van der Waals surface area (Å²) in [4.78, 5) is 17.2. The van der Waals surface area contributed by atoms with E-state index in [1.165, 1.54) is 11.0 Å². The highest BCUT2D eigenvalue weighted by Gasteiger charge is 2.47. The predicted octanol–water partition coefficient (Wildman–Crippen LogP) is 4.63. The SMILES string of the molecule is Cn1cnnc1C[C@]1(c2cccc(N3Cc4c(cc(CN5CCCOCC5)cc4C(F)(F)F)C3=O)c2)C[C@H](C#N)C1. The van der Waals surface area contributed by atoms with E-state index in [2.05, 4.69) is 21.2 Å². The van der Waals surface area contributed by atoms with Gasteiger partial charge in [-0.05, 0) is 60.2 Å². The van der Waals surface area contributed by atoms with Crippen molar-refractivity contribution < 1.29 is 22.7 Å². The number of fused-ring (bicyclic) bond motifs is 1. The van der Waals surface area contributed by atoms with Crippen molar-refractivity contribution in [1.82, 2.24) is 19.7 Å². The van der Waals surface area contributed by atoms with E-state index in [4.69, 9.17) is 4.74 Å². The van der Waals surface area contributed by atoms with E-state index in [1.54, 1.807) is 18.5 Å². The molecular weight excluding hydrogens is 533 g/mol. The van der Waals surface area contributed by atoms with Crippen molar-refractivity contribution in [1.29, 1.82) is 5.26 Å². The fourth-order valence-electron chi connectivity index (χ4n) is 6.47. The number of nitriles is 1. The maximum absolute atomic E-state index is 14.3. The number of anilines is 1. The Balaban J connectivity index is 1.32. The van der Waals surface area contributed by atoms with Crippen LogP contribution in [0, 0.1) is 17.2 Å². The van der Waals surface area contributed by atoms with Crippen molar-refractivity contribution in [2.45, 2.75) is 50.4 Å². The Kier molecular flexibility index (Phi) is 7.08. The highest BCUT2D eigenvalue weighted by Crippen LogP contribution is 2.50. The third-order valence-electron chi connectivity index (χ3n) is 8.66. The molecule has 1 saturated heterocycles. The largest absolute Gasteiger partial charge is 0.416 e. The fourth-order valence-corrected chi connectivity index (χ4v) is 6.47. The molecule has 11 heteroatoms. The molecule has 41 heavy (non-hydrogen) atoms. The van der Waals surface area contributed by atoms with Crippen LogP contribution >= 0.6 is 0 Å². The van der Waals surface area contributed by atoms with Gasteiger partial charge in [0.15, 0.2) is 0 Å². The molecule has 214 valence electrons. The van der Waals surface area contributed by atoms with Crippen molar-refractivity contribution in [3.05, 3.63) is 76.4 Å². The number of ether oxygens (including phenoxy) is 1. The van der Waals surface area contributed by atoms with Gasteiger partial charge in [0.2, 0.25) is 0 Å². The second-order valence-corrected chi connectivity index (χ2v) is 11.4. The number of halogens is 3. The average Bonchev–Trinajstić information content (AvgIpc) is 3.36. The van der Waals surface area contributed by atoms with Crippen LogP contribution in [0.1, 0.15) is 57.7 Å². The zero-order valence-corrected chi connectivity index (χ0v) is 22.8. The van der Waals surface area contributed by atoms with E-state index in [-0.39, 0.29) is 29.0 Å². The molecule has 2 fully saturated rings. The van der Waals surface area contributed by atoms with Crippen LogP contribution in [0.4, 0.5) is 18.9 Å². The first-order valence-electron chi connectivity index (χ1n) is 13.8. The van der Waals surface area contributed by atoms with Crippen molar-refractivity contribution in [3.63, 3.8) is 0 Å². The van der Waals surface area contributed by atoms with Gasteiger partial charge in [0.25, 0.3) is 5.91 Å². The van der Waals surface area contributed by atoms with Gasteiger partial charge < -0.3 is 14.2 Å².